The van der Waals surface area contributed by atoms with E-state index in [-0.39, 0.29) is 18.1 Å². The first-order valence-electron chi connectivity index (χ1n) is 5.70. The van der Waals surface area contributed by atoms with E-state index >= 15 is 0 Å². The number of esters is 1. The molecule has 1 fully saturated rings. The Hall–Kier alpha value is -1.20. The Kier molecular flexibility index (Phi) is 4.02. The molecule has 0 unspecified atom stereocenters. The van der Waals surface area contributed by atoms with Crippen LogP contribution in [0, 0.1) is 12.8 Å². The van der Waals surface area contributed by atoms with Crippen molar-refractivity contribution in [3.8, 4) is 0 Å². The van der Waals surface area contributed by atoms with Gasteiger partial charge in [0.2, 0.25) is 0 Å². The molecule has 1 saturated heterocycles. The van der Waals surface area contributed by atoms with Gasteiger partial charge in [-0.2, -0.15) is 17.5 Å². The average Bonchev–Trinajstić information content (AvgIpc) is 2.69. The molecule has 0 aromatic carbocycles. The number of hydrogen-bond acceptors (Lipinski definition) is 6. The molecule has 2 heterocycles. The number of ether oxygens (including phenoxy) is 1. The third-order valence-electron chi connectivity index (χ3n) is 2.93. The quantitative estimate of drug-likeness (QED) is 0.772. The lowest BCUT2D eigenvalue weighted by Crippen LogP contribution is -2.53. The van der Waals surface area contributed by atoms with E-state index in [9.17, 15) is 26.4 Å². The number of hydrogen-bond donors (Lipinski definition) is 0. The zero-order valence-corrected chi connectivity index (χ0v) is 12.6. The fraction of sp³-hybridized carbons (Fsp3) is 0.600. The number of sulfonamides is 1. The predicted octanol–water partition coefficient (Wildman–Crippen LogP) is 1.26. The van der Waals surface area contributed by atoms with Crippen LogP contribution in [0.3, 0.4) is 0 Å². The number of thiazole rings is 1. The zero-order valence-electron chi connectivity index (χ0n) is 11.0. The summed E-state index contributed by atoms with van der Waals surface area (Å²) in [6.07, 6.45) is -4.85. The Morgan fingerprint density at radius 1 is 1.43 bits per heavy atom. The Morgan fingerprint density at radius 2 is 2.00 bits per heavy atom. The molecule has 0 aliphatic carbocycles. The highest BCUT2D eigenvalue weighted by Gasteiger charge is 2.47. The summed E-state index contributed by atoms with van der Waals surface area (Å²) in [6, 6.07) is 0. The minimum atomic E-state index is -4.85. The average molecular weight is 344 g/mol. The number of methoxy groups -OCH3 is 1. The monoisotopic (exact) mass is 344 g/mol. The van der Waals surface area contributed by atoms with Gasteiger partial charge in [0.1, 0.15) is 0 Å². The van der Waals surface area contributed by atoms with Crippen LogP contribution in [0.5, 0.6) is 0 Å². The third kappa shape index (κ3) is 2.90. The molecule has 0 bridgehead atoms. The first kappa shape index (κ1) is 16.2. The van der Waals surface area contributed by atoms with Crippen LogP contribution in [0.2, 0.25) is 0 Å². The Labute approximate surface area is 122 Å². The number of halogens is 3. The van der Waals surface area contributed by atoms with Crippen LogP contribution < -0.4 is 0 Å². The molecule has 118 valence electrons. The second-order valence-corrected chi connectivity index (χ2v) is 7.75. The maximum absolute atomic E-state index is 12.8. The van der Waals surface area contributed by atoms with Crippen LogP contribution >= 0.6 is 11.3 Å². The largest absolute Gasteiger partial charge is 0.469 e. The first-order valence-corrected chi connectivity index (χ1v) is 7.95. The van der Waals surface area contributed by atoms with E-state index in [2.05, 4.69) is 9.72 Å². The fourth-order valence-corrected chi connectivity index (χ4v) is 4.98. The number of alkyl halides is 3. The third-order valence-corrected chi connectivity index (χ3v) is 6.22. The SMILES string of the molecule is COC(=O)C1CN(S(=O)(=O)c2sc(C)nc2C(F)(F)F)C1. The normalized spacial score (nSPS) is 17.6. The van der Waals surface area contributed by atoms with Crippen molar-refractivity contribution in [3.05, 3.63) is 10.7 Å². The topological polar surface area (TPSA) is 76.6 Å². The van der Waals surface area contributed by atoms with E-state index < -0.39 is 38.0 Å². The van der Waals surface area contributed by atoms with Gasteiger partial charge in [0, 0.05) is 13.1 Å². The number of nitrogens with zero attached hydrogens (tertiary/aromatic N) is 2. The summed E-state index contributed by atoms with van der Waals surface area (Å²) in [5, 5.41) is 0.00550. The highest BCUT2D eigenvalue weighted by atomic mass is 32.2. The van der Waals surface area contributed by atoms with Gasteiger partial charge < -0.3 is 4.74 Å². The summed E-state index contributed by atoms with van der Waals surface area (Å²) in [5.41, 5.74) is -1.41. The highest BCUT2D eigenvalue weighted by Crippen LogP contribution is 2.39. The van der Waals surface area contributed by atoms with E-state index in [1.54, 1.807) is 0 Å². The van der Waals surface area contributed by atoms with E-state index in [1.807, 2.05) is 0 Å². The lowest BCUT2D eigenvalue weighted by molar-refractivity contribution is -0.149. The number of aromatic nitrogens is 1. The van der Waals surface area contributed by atoms with Crippen molar-refractivity contribution in [3.63, 3.8) is 0 Å². The molecule has 1 aromatic heterocycles. The van der Waals surface area contributed by atoms with Crippen LogP contribution in [0.25, 0.3) is 0 Å². The van der Waals surface area contributed by atoms with Crippen molar-refractivity contribution in [2.75, 3.05) is 20.2 Å². The van der Waals surface area contributed by atoms with Crippen LogP contribution in [-0.4, -0.2) is 43.9 Å². The number of carbonyl (C=O) groups excluding carboxylic acids is 1. The number of carbonyl (C=O) groups is 1. The lowest BCUT2D eigenvalue weighted by Gasteiger charge is -2.35. The molecular weight excluding hydrogens is 333 g/mol. The van der Waals surface area contributed by atoms with Crippen LogP contribution in [0.1, 0.15) is 10.7 Å². The summed E-state index contributed by atoms with van der Waals surface area (Å²) < 4.78 is 67.3. The molecule has 0 saturated carbocycles. The van der Waals surface area contributed by atoms with Gasteiger partial charge in [-0.3, -0.25) is 4.79 Å². The number of aryl methyl sites for hydroxylation is 1. The van der Waals surface area contributed by atoms with Crippen LogP contribution in [0.4, 0.5) is 13.2 Å². The standard InChI is InChI=1S/C10H11F3N2O4S2/c1-5-14-7(10(11,12)13)9(20-5)21(17,18)15-3-6(4-15)8(16)19-2/h6H,3-4H2,1-2H3. The van der Waals surface area contributed by atoms with Gasteiger partial charge >= 0.3 is 12.1 Å². The molecule has 0 amide bonds. The van der Waals surface area contributed by atoms with Crippen molar-refractivity contribution in [1.29, 1.82) is 0 Å². The van der Waals surface area contributed by atoms with Crippen molar-refractivity contribution >= 4 is 27.3 Å². The van der Waals surface area contributed by atoms with Crippen molar-refractivity contribution < 1.29 is 31.1 Å². The molecule has 0 spiro atoms. The molecule has 6 nitrogen and oxygen atoms in total. The second kappa shape index (κ2) is 5.21. The molecule has 0 N–H and O–H groups in total. The smallest absolute Gasteiger partial charge is 0.435 e. The molecule has 21 heavy (non-hydrogen) atoms. The van der Waals surface area contributed by atoms with E-state index in [4.69, 9.17) is 0 Å². The second-order valence-electron chi connectivity index (χ2n) is 4.41. The summed E-state index contributed by atoms with van der Waals surface area (Å²) in [6.45, 7) is 0.915. The number of rotatable bonds is 3. The molecule has 11 heteroatoms. The highest BCUT2D eigenvalue weighted by molar-refractivity contribution is 7.91. The van der Waals surface area contributed by atoms with Gasteiger partial charge in [-0.25, -0.2) is 13.4 Å². The molecule has 1 aliphatic heterocycles. The fourth-order valence-electron chi connectivity index (χ4n) is 1.83. The van der Waals surface area contributed by atoms with E-state index in [1.165, 1.54) is 6.92 Å². The maximum Gasteiger partial charge on any atom is 0.435 e. The molecule has 0 radical (unpaired) electrons. The Balaban J connectivity index is 2.29. The van der Waals surface area contributed by atoms with E-state index in [0.29, 0.717) is 11.3 Å². The van der Waals surface area contributed by atoms with Gasteiger partial charge in [0.15, 0.2) is 9.90 Å². The Bertz CT molecular complexity index is 662. The Morgan fingerprint density at radius 3 is 2.48 bits per heavy atom. The zero-order chi connectivity index (χ0) is 16.0. The lowest BCUT2D eigenvalue weighted by atomic mass is 10.0. The summed E-state index contributed by atoms with van der Waals surface area (Å²) in [5.74, 6) is -1.23. The van der Waals surface area contributed by atoms with Gasteiger partial charge in [-0.1, -0.05) is 0 Å². The minimum absolute atomic E-state index is 0.00550. The molecule has 1 aromatic rings. The van der Waals surface area contributed by atoms with Crippen molar-refractivity contribution in [1.82, 2.24) is 9.29 Å². The molecule has 1 aliphatic rings. The van der Waals surface area contributed by atoms with E-state index in [0.717, 1.165) is 11.4 Å². The van der Waals surface area contributed by atoms with Gasteiger partial charge in [-0.15, -0.1) is 11.3 Å². The maximum atomic E-state index is 12.8. The summed E-state index contributed by atoms with van der Waals surface area (Å²) in [7, 11) is -3.15. The summed E-state index contributed by atoms with van der Waals surface area (Å²) in [4.78, 5) is 14.5. The first-order chi connectivity index (χ1) is 9.57. The van der Waals surface area contributed by atoms with Gasteiger partial charge in [-0.05, 0) is 6.92 Å². The van der Waals surface area contributed by atoms with Crippen molar-refractivity contribution in [2.24, 2.45) is 5.92 Å². The molecular formula is C10H11F3N2O4S2. The molecule has 0 atom stereocenters. The minimum Gasteiger partial charge on any atom is -0.469 e. The molecule has 2 rings (SSSR count). The predicted molar refractivity (Wildman–Crippen MR) is 66.1 cm³/mol. The van der Waals surface area contributed by atoms with Crippen LogP contribution in [0.15, 0.2) is 4.21 Å². The van der Waals surface area contributed by atoms with Gasteiger partial charge in [0.25, 0.3) is 10.0 Å². The van der Waals surface area contributed by atoms with Crippen LogP contribution in [-0.2, 0) is 25.7 Å². The van der Waals surface area contributed by atoms with Crippen molar-refractivity contribution in [2.45, 2.75) is 17.3 Å². The van der Waals surface area contributed by atoms with Gasteiger partial charge in [0.05, 0.1) is 18.0 Å². The summed E-state index contributed by atoms with van der Waals surface area (Å²) >= 11 is 0.464.